The van der Waals surface area contributed by atoms with Gasteiger partial charge in [0.1, 0.15) is 0 Å². The van der Waals surface area contributed by atoms with E-state index in [1.165, 1.54) is 0 Å². The van der Waals surface area contributed by atoms with Gasteiger partial charge < -0.3 is 16.0 Å². The van der Waals surface area contributed by atoms with Crippen molar-refractivity contribution in [3.05, 3.63) is 180 Å². The highest BCUT2D eigenvalue weighted by Crippen LogP contribution is 2.43. The Balaban J connectivity index is 1.36. The van der Waals surface area contributed by atoms with E-state index in [2.05, 4.69) is 143 Å². The minimum absolute atomic E-state index is 0.0276. The zero-order chi connectivity index (χ0) is 30.9. The van der Waals surface area contributed by atoms with Crippen LogP contribution in [0.3, 0.4) is 0 Å². The number of para-hydroxylation sites is 3. The Morgan fingerprint density at radius 2 is 0.733 bits per heavy atom. The molecule has 6 aromatic rings. The van der Waals surface area contributed by atoms with Crippen LogP contribution in [0.4, 0.5) is 34.1 Å². The fourth-order valence-corrected chi connectivity index (χ4v) is 5.84. The lowest BCUT2D eigenvalue weighted by Crippen LogP contribution is -2.56. The van der Waals surface area contributed by atoms with E-state index in [4.69, 9.17) is 5.84 Å². The molecule has 6 heteroatoms. The van der Waals surface area contributed by atoms with Gasteiger partial charge in [0.2, 0.25) is 0 Å². The van der Waals surface area contributed by atoms with E-state index in [9.17, 15) is 0 Å². The summed E-state index contributed by atoms with van der Waals surface area (Å²) in [4.78, 5) is 0. The van der Waals surface area contributed by atoms with Gasteiger partial charge in [-0.25, -0.2) is 5.43 Å². The molecule has 0 heterocycles. The first-order valence-corrected chi connectivity index (χ1v) is 15.1. The van der Waals surface area contributed by atoms with Gasteiger partial charge in [0.25, 0.3) is 0 Å². The van der Waals surface area contributed by atoms with Gasteiger partial charge in [-0.2, -0.15) is 5.53 Å². The summed E-state index contributed by atoms with van der Waals surface area (Å²) in [6, 6.07) is 56.2. The van der Waals surface area contributed by atoms with Crippen molar-refractivity contribution in [1.82, 2.24) is 11.0 Å². The molecule has 1 unspecified atom stereocenters. The highest BCUT2D eigenvalue weighted by molar-refractivity contribution is 5.63. The predicted molar refractivity (Wildman–Crippen MR) is 188 cm³/mol. The van der Waals surface area contributed by atoms with Crippen LogP contribution in [0.5, 0.6) is 0 Å². The number of rotatable bonds is 12. The summed E-state index contributed by atoms with van der Waals surface area (Å²) in [6.45, 7) is 2.23. The van der Waals surface area contributed by atoms with E-state index < -0.39 is 5.54 Å². The molecule has 0 saturated carbocycles. The molecule has 6 aromatic carbocycles. The van der Waals surface area contributed by atoms with Crippen molar-refractivity contribution in [3.8, 4) is 0 Å². The summed E-state index contributed by atoms with van der Waals surface area (Å²) in [5.74, 6) is 6.06. The first-order chi connectivity index (χ1) is 22.1. The van der Waals surface area contributed by atoms with Crippen LogP contribution in [0.1, 0.15) is 29.5 Å². The van der Waals surface area contributed by atoms with E-state index in [1.54, 1.807) is 0 Å². The number of hydrogen-bond donors (Lipinski definition) is 6. The zero-order valence-electron chi connectivity index (χ0n) is 25.2. The fourth-order valence-electron chi connectivity index (χ4n) is 5.84. The van der Waals surface area contributed by atoms with Gasteiger partial charge in [0, 0.05) is 40.0 Å². The molecule has 0 radical (unpaired) electrons. The number of anilines is 6. The molecule has 6 nitrogen and oxygen atoms in total. The highest BCUT2D eigenvalue weighted by atomic mass is 15.5. The van der Waals surface area contributed by atoms with Crippen LogP contribution >= 0.6 is 0 Å². The molecule has 1 atom stereocenters. The van der Waals surface area contributed by atoms with Crippen molar-refractivity contribution in [1.29, 1.82) is 0 Å². The van der Waals surface area contributed by atoms with Crippen LogP contribution < -0.4 is 32.8 Å². The first-order valence-electron chi connectivity index (χ1n) is 15.1. The maximum Gasteiger partial charge on any atom is 0.0900 e. The fraction of sp³-hybridized carbons (Fsp3) is 0.0769. The maximum absolute atomic E-state index is 6.08. The third-order valence-electron chi connectivity index (χ3n) is 8.20. The number of benzene rings is 6. The van der Waals surface area contributed by atoms with Gasteiger partial charge >= 0.3 is 0 Å². The first kappa shape index (κ1) is 29.7. The SMILES string of the molecule is CC(c1ccc(Nc2ccccc2)cc1)C(NNN)(c1ccc(Nc2ccccc2)cc1)c1ccc(Nc2ccccc2)cc1. The quantitative estimate of drug-likeness (QED) is 0.0630. The number of hydrazine groups is 2. The van der Waals surface area contributed by atoms with E-state index in [1.807, 2.05) is 54.6 Å². The Morgan fingerprint density at radius 3 is 1.07 bits per heavy atom. The summed E-state index contributed by atoms with van der Waals surface area (Å²) in [5.41, 5.74) is 15.1. The van der Waals surface area contributed by atoms with Gasteiger partial charge in [0.05, 0.1) is 5.54 Å². The second kappa shape index (κ2) is 13.9. The monoisotopic (exact) mass is 590 g/mol. The predicted octanol–water partition coefficient (Wildman–Crippen LogP) is 8.93. The lowest BCUT2D eigenvalue weighted by Gasteiger charge is -2.41. The second-order valence-electron chi connectivity index (χ2n) is 11.0. The van der Waals surface area contributed by atoms with E-state index >= 15 is 0 Å². The van der Waals surface area contributed by atoms with Crippen LogP contribution in [0.25, 0.3) is 0 Å². The number of hydrogen-bond acceptors (Lipinski definition) is 6. The van der Waals surface area contributed by atoms with Gasteiger partial charge in [-0.3, -0.25) is 5.84 Å². The van der Waals surface area contributed by atoms with Gasteiger partial charge in [-0.05, 0) is 89.5 Å². The third-order valence-corrected chi connectivity index (χ3v) is 8.20. The molecule has 224 valence electrons. The molecule has 0 aliphatic carbocycles. The lowest BCUT2D eigenvalue weighted by atomic mass is 9.71. The van der Waals surface area contributed by atoms with Crippen LogP contribution in [0.15, 0.2) is 164 Å². The molecule has 0 aliphatic rings. The normalized spacial score (nSPS) is 11.9. The molecule has 6 rings (SSSR count). The summed E-state index contributed by atoms with van der Waals surface area (Å²) >= 11 is 0. The molecule has 7 N–H and O–H groups in total. The smallest absolute Gasteiger partial charge is 0.0900 e. The number of nitrogens with two attached hydrogens (primary N) is 1. The van der Waals surface area contributed by atoms with Crippen molar-refractivity contribution >= 4 is 34.1 Å². The second-order valence-corrected chi connectivity index (χ2v) is 11.0. The Bertz CT molecular complexity index is 1670. The molecule has 0 bridgehead atoms. The van der Waals surface area contributed by atoms with Gasteiger partial charge in [0.15, 0.2) is 0 Å². The minimum atomic E-state index is -0.709. The van der Waals surface area contributed by atoms with Crippen molar-refractivity contribution in [3.63, 3.8) is 0 Å². The summed E-state index contributed by atoms with van der Waals surface area (Å²) < 4.78 is 0. The molecule has 0 saturated heterocycles. The van der Waals surface area contributed by atoms with E-state index in [0.717, 1.165) is 50.8 Å². The Morgan fingerprint density at radius 1 is 0.422 bits per heavy atom. The minimum Gasteiger partial charge on any atom is -0.356 e. The average Bonchev–Trinajstić information content (AvgIpc) is 3.09. The largest absolute Gasteiger partial charge is 0.356 e. The molecule has 0 spiro atoms. The van der Waals surface area contributed by atoms with Crippen LogP contribution in [-0.4, -0.2) is 0 Å². The molecule has 0 fully saturated rings. The number of nitrogens with one attached hydrogen (secondary N) is 5. The summed E-state index contributed by atoms with van der Waals surface area (Å²) in [6.07, 6.45) is 0. The van der Waals surface area contributed by atoms with Crippen LogP contribution in [-0.2, 0) is 5.54 Å². The zero-order valence-corrected chi connectivity index (χ0v) is 25.2. The van der Waals surface area contributed by atoms with Crippen molar-refractivity contribution in [2.75, 3.05) is 16.0 Å². The summed E-state index contributed by atoms with van der Waals surface area (Å²) in [5, 5.41) is 10.5. The molecule has 0 aromatic heterocycles. The van der Waals surface area contributed by atoms with Gasteiger partial charge in [-0.15, -0.1) is 0 Å². The van der Waals surface area contributed by atoms with Crippen LogP contribution in [0, 0.1) is 0 Å². The van der Waals surface area contributed by atoms with E-state index in [-0.39, 0.29) is 5.92 Å². The third kappa shape index (κ3) is 6.89. The van der Waals surface area contributed by atoms with Gasteiger partial charge in [-0.1, -0.05) is 97.9 Å². The van der Waals surface area contributed by atoms with Crippen molar-refractivity contribution in [2.45, 2.75) is 18.4 Å². The van der Waals surface area contributed by atoms with Crippen molar-refractivity contribution in [2.24, 2.45) is 5.84 Å². The Labute approximate surface area is 265 Å². The molecule has 0 amide bonds. The molecular weight excluding hydrogens is 552 g/mol. The molecule has 45 heavy (non-hydrogen) atoms. The average molecular weight is 591 g/mol. The highest BCUT2D eigenvalue weighted by Gasteiger charge is 2.40. The van der Waals surface area contributed by atoms with Crippen molar-refractivity contribution < 1.29 is 0 Å². The van der Waals surface area contributed by atoms with E-state index in [0.29, 0.717) is 0 Å². The standard InChI is InChI=1S/C39H38N6/c1-29(30-17-23-36(24-18-30)41-33-11-5-2-6-12-33)39(44-45-40,31-19-25-37(26-20-31)42-34-13-7-3-8-14-34)32-21-27-38(28-22-32)43-35-15-9-4-10-16-35/h2-29,41-45H,40H2,1H3. The maximum atomic E-state index is 6.08. The molecular formula is C39H38N6. The Hall–Kier alpha value is -5.40. The summed E-state index contributed by atoms with van der Waals surface area (Å²) in [7, 11) is 0. The van der Waals surface area contributed by atoms with Crippen LogP contribution in [0.2, 0.25) is 0 Å². The lowest BCUT2D eigenvalue weighted by molar-refractivity contribution is 0.296. The topological polar surface area (TPSA) is 86.2 Å². The molecule has 0 aliphatic heterocycles. The Kier molecular flexibility index (Phi) is 9.18.